The van der Waals surface area contributed by atoms with Crippen LogP contribution in [-0.2, 0) is 23.4 Å². The van der Waals surface area contributed by atoms with Gasteiger partial charge in [-0.3, -0.25) is 4.68 Å². The summed E-state index contributed by atoms with van der Waals surface area (Å²) in [6.45, 7) is 7.95. The highest BCUT2D eigenvalue weighted by molar-refractivity contribution is 9.10. The molecule has 1 aliphatic rings. The van der Waals surface area contributed by atoms with Gasteiger partial charge in [0.15, 0.2) is 11.6 Å². The van der Waals surface area contributed by atoms with E-state index in [4.69, 9.17) is 22.9 Å². The number of aryl methyl sites for hydroxylation is 1. The summed E-state index contributed by atoms with van der Waals surface area (Å²) in [5.74, 6) is -0.508. The van der Waals surface area contributed by atoms with E-state index in [1.165, 1.54) is 6.20 Å². The molecule has 1 aliphatic heterocycles. The number of hydrogen-bond donors (Lipinski definition) is 0. The number of benzene rings is 1. The van der Waals surface area contributed by atoms with Crippen LogP contribution in [0.25, 0.3) is 15.7 Å². The quantitative estimate of drug-likeness (QED) is 0.300. The predicted molar refractivity (Wildman–Crippen MR) is 111 cm³/mol. The lowest BCUT2D eigenvalue weighted by Gasteiger charge is -2.23. The molecular formula is C17H13BrClFN6O3S. The summed E-state index contributed by atoms with van der Waals surface area (Å²) < 4.78 is 46.6. The minimum atomic E-state index is -3.84. The number of hydrogen-bond acceptors (Lipinski definition) is 7. The number of ether oxygens (including phenoxy) is 1. The molecule has 2 aromatic heterocycles. The molecule has 0 atom stereocenters. The second-order valence-electron chi connectivity index (χ2n) is 6.58. The molecule has 0 fully saturated rings. The summed E-state index contributed by atoms with van der Waals surface area (Å²) in [6, 6.07) is 0. The Kier molecular flexibility index (Phi) is 5.08. The fourth-order valence-corrected chi connectivity index (χ4v) is 4.27. The zero-order valence-corrected chi connectivity index (χ0v) is 18.8. The van der Waals surface area contributed by atoms with Crippen LogP contribution >= 0.6 is 27.5 Å². The Balaban J connectivity index is 2.04. The summed E-state index contributed by atoms with van der Waals surface area (Å²) in [7, 11) is -2.15. The number of halogens is 3. The Morgan fingerprint density at radius 1 is 1.43 bits per heavy atom. The number of anilines is 1. The maximum atomic E-state index is 15.0. The summed E-state index contributed by atoms with van der Waals surface area (Å²) in [5, 5.41) is 3.74. The summed E-state index contributed by atoms with van der Waals surface area (Å²) >= 11 is 9.37. The average Bonchev–Trinajstić information content (AvgIpc) is 2.94. The summed E-state index contributed by atoms with van der Waals surface area (Å²) in [5.41, 5.74) is 0.704. The van der Waals surface area contributed by atoms with Crippen molar-refractivity contribution in [2.75, 3.05) is 24.3 Å². The van der Waals surface area contributed by atoms with Crippen molar-refractivity contribution < 1.29 is 17.5 Å². The predicted octanol–water partition coefficient (Wildman–Crippen LogP) is 3.27. The van der Waals surface area contributed by atoms with Gasteiger partial charge in [-0.1, -0.05) is 11.6 Å². The Morgan fingerprint density at radius 3 is 2.83 bits per heavy atom. The molecule has 0 N–H and O–H groups in total. The Labute approximate surface area is 184 Å². The van der Waals surface area contributed by atoms with Crippen molar-refractivity contribution in [2.45, 2.75) is 11.7 Å². The maximum absolute atomic E-state index is 15.0. The van der Waals surface area contributed by atoms with Crippen LogP contribution in [0.15, 0.2) is 15.8 Å². The van der Waals surface area contributed by atoms with Crippen molar-refractivity contribution in [3.05, 3.63) is 38.6 Å². The van der Waals surface area contributed by atoms with Gasteiger partial charge in [-0.15, -0.1) is 0 Å². The van der Waals surface area contributed by atoms with Crippen molar-refractivity contribution >= 4 is 59.8 Å². The highest BCUT2D eigenvalue weighted by Crippen LogP contribution is 2.46. The highest BCUT2D eigenvalue weighted by Gasteiger charge is 2.30. The van der Waals surface area contributed by atoms with Crippen LogP contribution in [0, 0.1) is 12.4 Å². The Bertz CT molecular complexity index is 1350. The first-order valence-electron chi connectivity index (χ1n) is 8.47. The molecule has 0 amide bonds. The smallest absolute Gasteiger partial charge is 0.249 e. The fraction of sp³-hybridized carbons (Fsp3) is 0.294. The molecule has 3 heterocycles. The molecule has 0 unspecified atom stereocenters. The number of aromatic nitrogens is 4. The van der Waals surface area contributed by atoms with Gasteiger partial charge in [-0.05, 0) is 15.9 Å². The first-order valence-corrected chi connectivity index (χ1v) is 11.5. The van der Waals surface area contributed by atoms with Gasteiger partial charge >= 0.3 is 0 Å². The van der Waals surface area contributed by atoms with Crippen LogP contribution in [0.2, 0.25) is 5.02 Å². The minimum Gasteiger partial charge on any atom is -0.489 e. The lowest BCUT2D eigenvalue weighted by Crippen LogP contribution is -2.29. The van der Waals surface area contributed by atoms with Crippen molar-refractivity contribution in [3.8, 4) is 5.75 Å². The molecular weight excluding hydrogens is 503 g/mol. The molecule has 1 aromatic carbocycles. The van der Waals surface area contributed by atoms with Crippen molar-refractivity contribution in [1.82, 2.24) is 19.7 Å². The van der Waals surface area contributed by atoms with Gasteiger partial charge in [0.1, 0.15) is 23.0 Å². The van der Waals surface area contributed by atoms with E-state index in [9.17, 15) is 8.42 Å². The van der Waals surface area contributed by atoms with E-state index in [1.807, 2.05) is 0 Å². The summed E-state index contributed by atoms with van der Waals surface area (Å²) in [4.78, 5) is 13.3. The van der Waals surface area contributed by atoms with E-state index in [2.05, 4.69) is 35.8 Å². The molecule has 0 saturated carbocycles. The van der Waals surface area contributed by atoms with Gasteiger partial charge in [-0.2, -0.15) is 5.10 Å². The van der Waals surface area contributed by atoms with Crippen LogP contribution in [0.1, 0.15) is 5.69 Å². The molecule has 13 heteroatoms. The van der Waals surface area contributed by atoms with Crippen LogP contribution < -0.4 is 9.64 Å². The van der Waals surface area contributed by atoms with Gasteiger partial charge in [-0.25, -0.2) is 27.6 Å². The number of sulfone groups is 1. The Morgan fingerprint density at radius 2 is 2.17 bits per heavy atom. The lowest BCUT2D eigenvalue weighted by atomic mass is 10.2. The molecule has 9 nitrogen and oxygen atoms in total. The molecule has 3 aromatic rings. The number of rotatable bonds is 3. The van der Waals surface area contributed by atoms with Crippen molar-refractivity contribution in [1.29, 1.82) is 0 Å². The van der Waals surface area contributed by atoms with E-state index in [1.54, 1.807) is 16.6 Å². The van der Waals surface area contributed by atoms with Gasteiger partial charge in [0, 0.05) is 13.3 Å². The van der Waals surface area contributed by atoms with Crippen LogP contribution in [0.5, 0.6) is 5.75 Å². The third-order valence-electron chi connectivity index (χ3n) is 4.63. The van der Waals surface area contributed by atoms with Crippen LogP contribution in [0.3, 0.4) is 0 Å². The van der Waals surface area contributed by atoms with E-state index in [0.29, 0.717) is 11.4 Å². The zero-order chi connectivity index (χ0) is 21.8. The van der Waals surface area contributed by atoms with Gasteiger partial charge < -0.3 is 9.64 Å². The number of nitrogens with zero attached hydrogens (tertiary/aromatic N) is 6. The maximum Gasteiger partial charge on any atom is 0.249 e. The molecule has 30 heavy (non-hydrogen) atoms. The zero-order valence-electron chi connectivity index (χ0n) is 15.6. The van der Waals surface area contributed by atoms with E-state index < -0.39 is 20.8 Å². The fourth-order valence-electron chi connectivity index (χ4n) is 3.16. The average molecular weight is 516 g/mol. The van der Waals surface area contributed by atoms with Crippen molar-refractivity contribution in [2.24, 2.45) is 7.05 Å². The second kappa shape index (κ2) is 7.33. The molecule has 0 radical (unpaired) electrons. The van der Waals surface area contributed by atoms with Crippen LogP contribution in [0.4, 0.5) is 15.9 Å². The summed E-state index contributed by atoms with van der Waals surface area (Å²) in [6.07, 6.45) is 2.39. The topological polar surface area (TPSA) is 94.6 Å². The third-order valence-corrected chi connectivity index (χ3v) is 6.81. The van der Waals surface area contributed by atoms with E-state index in [0.717, 1.165) is 6.26 Å². The first kappa shape index (κ1) is 20.8. The second-order valence-corrected chi connectivity index (χ2v) is 9.66. The molecule has 156 valence electrons. The van der Waals surface area contributed by atoms with Crippen LogP contribution in [-0.4, -0.2) is 47.6 Å². The highest BCUT2D eigenvalue weighted by atomic mass is 79.9. The first-order chi connectivity index (χ1) is 14.1. The van der Waals surface area contributed by atoms with Gasteiger partial charge in [0.2, 0.25) is 20.7 Å². The minimum absolute atomic E-state index is 0.00110. The van der Waals surface area contributed by atoms with Gasteiger partial charge in [0.05, 0.1) is 41.4 Å². The van der Waals surface area contributed by atoms with E-state index >= 15 is 4.39 Å². The standard InChI is InChI=1S/C17H13BrClFN6O3S/c1-21-8-6-22-25(2)9(8)7-26-4-5-29-15-10-14(13(20)11(18)12(15)19)23-17(24-16(10)26)30(3,27)28/h6H,4-5,7H2,2-3H3. The normalized spacial score (nSPS) is 13.8. The Hall–Kier alpha value is -2.49. The lowest BCUT2D eigenvalue weighted by molar-refractivity contribution is 0.330. The van der Waals surface area contributed by atoms with E-state index in [-0.39, 0.29) is 51.7 Å². The monoisotopic (exact) mass is 514 g/mol. The SMILES string of the molecule is [C-]#[N+]c1cnn(C)c1CN1CCOc2c(Cl)c(Br)c(F)c3nc(S(C)(=O)=O)nc1c23. The van der Waals surface area contributed by atoms with Gasteiger partial charge in [0.25, 0.3) is 0 Å². The van der Waals surface area contributed by atoms with Crippen molar-refractivity contribution in [3.63, 3.8) is 0 Å². The molecule has 0 bridgehead atoms. The third kappa shape index (κ3) is 3.27. The largest absolute Gasteiger partial charge is 0.489 e. The molecule has 4 rings (SSSR count). The molecule has 0 saturated heterocycles. The molecule has 0 aliphatic carbocycles. The molecule has 0 spiro atoms.